The normalized spacial score (nSPS) is 22.3. The molecule has 10 nitrogen and oxygen atoms in total. The molecule has 0 aliphatic carbocycles. The summed E-state index contributed by atoms with van der Waals surface area (Å²) in [5, 5.41) is 5.75. The van der Waals surface area contributed by atoms with Gasteiger partial charge in [0.25, 0.3) is 0 Å². The number of ether oxygens (including phenoxy) is 1. The standard InChI is InChI=1S/C24H40BN5O5/c1-15(2)18(29-21(32)33-22(3,4)5)19(31)28-17-10-11-30(14-17)20-26-12-16(13-27-20)25-34-23(6,7)24(8,9)35-25/h12-13,15,17-18H,10-11,14H2,1-9H3,(H,28,31)(H,29,32)/t17-,18-/m0/s1. The van der Waals surface area contributed by atoms with Crippen LogP contribution < -0.4 is 21.0 Å². The van der Waals surface area contributed by atoms with Gasteiger partial charge in [-0.3, -0.25) is 4.79 Å². The van der Waals surface area contributed by atoms with Gasteiger partial charge in [-0.25, -0.2) is 14.8 Å². The summed E-state index contributed by atoms with van der Waals surface area (Å²) in [6.07, 6.45) is 3.62. The molecule has 1 aromatic heterocycles. The van der Waals surface area contributed by atoms with Crippen molar-refractivity contribution in [2.45, 2.75) is 97.6 Å². The molecule has 11 heteroatoms. The van der Waals surface area contributed by atoms with E-state index in [-0.39, 0.29) is 17.9 Å². The van der Waals surface area contributed by atoms with Gasteiger partial charge in [0.1, 0.15) is 11.6 Å². The van der Waals surface area contributed by atoms with Crippen LogP contribution in [0.2, 0.25) is 0 Å². The number of anilines is 1. The zero-order valence-electron chi connectivity index (χ0n) is 22.5. The van der Waals surface area contributed by atoms with Crippen molar-refractivity contribution < 1.29 is 23.6 Å². The summed E-state index contributed by atoms with van der Waals surface area (Å²) in [5.41, 5.74) is -0.720. The number of alkyl carbamates (subject to hydrolysis) is 1. The van der Waals surface area contributed by atoms with Gasteiger partial charge in [-0.15, -0.1) is 0 Å². The second-order valence-corrected chi connectivity index (χ2v) is 11.7. The van der Waals surface area contributed by atoms with Crippen LogP contribution in [0.5, 0.6) is 0 Å². The molecule has 2 fully saturated rings. The van der Waals surface area contributed by atoms with E-state index in [0.29, 0.717) is 19.0 Å². The lowest BCUT2D eigenvalue weighted by molar-refractivity contribution is -0.124. The van der Waals surface area contributed by atoms with E-state index < -0.39 is 36.1 Å². The summed E-state index contributed by atoms with van der Waals surface area (Å²) in [6.45, 7) is 18.5. The Hall–Kier alpha value is -2.40. The number of nitrogens with one attached hydrogen (secondary N) is 2. The monoisotopic (exact) mass is 489 g/mol. The molecular weight excluding hydrogens is 449 g/mol. The van der Waals surface area contributed by atoms with E-state index >= 15 is 0 Å². The highest BCUT2D eigenvalue weighted by Crippen LogP contribution is 2.36. The number of hydrogen-bond donors (Lipinski definition) is 2. The average molecular weight is 489 g/mol. The summed E-state index contributed by atoms with van der Waals surface area (Å²) in [7, 11) is -0.509. The van der Waals surface area contributed by atoms with Crippen LogP contribution in [0.25, 0.3) is 0 Å². The second kappa shape index (κ2) is 9.93. The number of carbonyl (C=O) groups excluding carboxylic acids is 2. The lowest BCUT2D eigenvalue weighted by Gasteiger charge is -2.32. The molecule has 2 saturated heterocycles. The van der Waals surface area contributed by atoms with Gasteiger partial charge in [0, 0.05) is 37.0 Å². The first-order chi connectivity index (χ1) is 16.1. The summed E-state index contributed by atoms with van der Waals surface area (Å²) in [6, 6.07) is -0.759. The average Bonchev–Trinajstić information content (AvgIpc) is 3.26. The molecule has 0 saturated carbocycles. The van der Waals surface area contributed by atoms with Crippen molar-refractivity contribution in [1.82, 2.24) is 20.6 Å². The van der Waals surface area contributed by atoms with E-state index in [1.165, 1.54) is 0 Å². The molecule has 2 aliphatic rings. The van der Waals surface area contributed by atoms with E-state index in [2.05, 4.69) is 20.6 Å². The minimum atomic E-state index is -0.686. The molecule has 35 heavy (non-hydrogen) atoms. The molecule has 2 N–H and O–H groups in total. The van der Waals surface area contributed by atoms with Gasteiger partial charge in [0.05, 0.1) is 11.2 Å². The fourth-order valence-corrected chi connectivity index (χ4v) is 3.92. The van der Waals surface area contributed by atoms with E-state index in [0.717, 1.165) is 11.9 Å². The third kappa shape index (κ3) is 6.64. The van der Waals surface area contributed by atoms with Crippen LogP contribution in [-0.2, 0) is 18.8 Å². The summed E-state index contributed by atoms with van der Waals surface area (Å²) in [5.74, 6) is 0.273. The number of hydrogen-bond acceptors (Lipinski definition) is 8. The zero-order chi connectivity index (χ0) is 26.2. The van der Waals surface area contributed by atoms with Gasteiger partial charge in [-0.05, 0) is 60.8 Å². The fourth-order valence-electron chi connectivity index (χ4n) is 3.92. The predicted molar refractivity (Wildman–Crippen MR) is 135 cm³/mol. The molecule has 0 unspecified atom stereocenters. The van der Waals surface area contributed by atoms with Gasteiger partial charge in [-0.1, -0.05) is 13.8 Å². The molecule has 0 radical (unpaired) electrons. The highest BCUT2D eigenvalue weighted by molar-refractivity contribution is 6.61. The van der Waals surface area contributed by atoms with Crippen LogP contribution in [0.3, 0.4) is 0 Å². The maximum Gasteiger partial charge on any atom is 0.498 e. The molecular formula is C24H40BN5O5. The maximum absolute atomic E-state index is 12.9. The zero-order valence-corrected chi connectivity index (χ0v) is 22.5. The maximum atomic E-state index is 12.9. The van der Waals surface area contributed by atoms with Gasteiger partial charge in [0.15, 0.2) is 0 Å². The number of amides is 2. The lowest BCUT2D eigenvalue weighted by atomic mass is 9.81. The summed E-state index contributed by atoms with van der Waals surface area (Å²) < 4.78 is 17.4. The number of aromatic nitrogens is 2. The molecule has 0 spiro atoms. The minimum Gasteiger partial charge on any atom is -0.444 e. The van der Waals surface area contributed by atoms with Gasteiger partial charge in [0.2, 0.25) is 11.9 Å². The number of nitrogens with zero attached hydrogens (tertiary/aromatic N) is 3. The van der Waals surface area contributed by atoms with Crippen molar-refractivity contribution in [3.63, 3.8) is 0 Å². The van der Waals surface area contributed by atoms with Crippen LogP contribution in [0.15, 0.2) is 12.4 Å². The van der Waals surface area contributed by atoms with Crippen molar-refractivity contribution in [3.05, 3.63) is 12.4 Å². The van der Waals surface area contributed by atoms with E-state index in [9.17, 15) is 9.59 Å². The molecule has 3 rings (SSSR count). The Morgan fingerprint density at radius 2 is 1.71 bits per heavy atom. The Bertz CT molecular complexity index is 900. The van der Waals surface area contributed by atoms with Crippen LogP contribution in [0, 0.1) is 5.92 Å². The van der Waals surface area contributed by atoms with Crippen molar-refractivity contribution in [1.29, 1.82) is 0 Å². The van der Waals surface area contributed by atoms with Crippen molar-refractivity contribution in [2.24, 2.45) is 5.92 Å². The van der Waals surface area contributed by atoms with Gasteiger partial charge < -0.3 is 29.6 Å². The molecule has 0 bridgehead atoms. The Kier molecular flexibility index (Phi) is 7.71. The lowest BCUT2D eigenvalue weighted by Crippen LogP contribution is -2.53. The van der Waals surface area contributed by atoms with Crippen LogP contribution in [0.1, 0.15) is 68.7 Å². The molecule has 2 atom stereocenters. The molecule has 0 aromatic carbocycles. The van der Waals surface area contributed by atoms with Crippen molar-refractivity contribution in [2.75, 3.05) is 18.0 Å². The minimum absolute atomic E-state index is 0.0736. The Labute approximate surface area is 209 Å². The number of rotatable bonds is 6. The van der Waals surface area contributed by atoms with Crippen molar-refractivity contribution in [3.8, 4) is 0 Å². The van der Waals surface area contributed by atoms with E-state index in [1.807, 2.05) is 46.4 Å². The van der Waals surface area contributed by atoms with Gasteiger partial charge in [-0.2, -0.15) is 0 Å². The first kappa shape index (κ1) is 27.2. The molecule has 1 aromatic rings. The summed E-state index contributed by atoms with van der Waals surface area (Å²) >= 11 is 0. The molecule has 194 valence electrons. The largest absolute Gasteiger partial charge is 0.498 e. The molecule has 2 aliphatic heterocycles. The van der Waals surface area contributed by atoms with E-state index in [4.69, 9.17) is 14.0 Å². The fraction of sp³-hybridized carbons (Fsp3) is 0.750. The molecule has 3 heterocycles. The Balaban J connectivity index is 1.56. The first-order valence-electron chi connectivity index (χ1n) is 12.3. The third-order valence-electron chi connectivity index (χ3n) is 6.62. The Morgan fingerprint density at radius 3 is 2.23 bits per heavy atom. The van der Waals surface area contributed by atoms with Crippen LogP contribution >= 0.6 is 0 Å². The predicted octanol–water partition coefficient (Wildman–Crippen LogP) is 2.02. The van der Waals surface area contributed by atoms with Crippen molar-refractivity contribution >= 4 is 30.5 Å². The van der Waals surface area contributed by atoms with Gasteiger partial charge >= 0.3 is 13.2 Å². The SMILES string of the molecule is CC(C)[C@H](NC(=O)OC(C)(C)C)C(=O)N[C@H]1CCN(c2ncc(B3OC(C)(C)C(C)(C)O3)cn2)C1. The topological polar surface area (TPSA) is 115 Å². The second-order valence-electron chi connectivity index (χ2n) is 11.7. The summed E-state index contributed by atoms with van der Waals surface area (Å²) in [4.78, 5) is 36.2. The van der Waals surface area contributed by atoms with Crippen LogP contribution in [0.4, 0.5) is 10.7 Å². The quantitative estimate of drug-likeness (QED) is 0.584. The smallest absolute Gasteiger partial charge is 0.444 e. The molecule has 2 amide bonds. The number of carbonyl (C=O) groups is 2. The highest BCUT2D eigenvalue weighted by atomic mass is 16.7. The first-order valence-corrected chi connectivity index (χ1v) is 12.3. The van der Waals surface area contributed by atoms with Crippen LogP contribution in [-0.4, -0.2) is 71.1 Å². The highest BCUT2D eigenvalue weighted by Gasteiger charge is 2.52. The third-order valence-corrected chi connectivity index (χ3v) is 6.62. The van der Waals surface area contributed by atoms with E-state index in [1.54, 1.807) is 33.2 Å². The Morgan fingerprint density at radius 1 is 1.14 bits per heavy atom.